The van der Waals surface area contributed by atoms with E-state index in [-0.39, 0.29) is 17.7 Å². The minimum Gasteiger partial charge on any atom is -0.490 e. The van der Waals surface area contributed by atoms with Gasteiger partial charge in [0.05, 0.1) is 7.11 Å². The van der Waals surface area contributed by atoms with Gasteiger partial charge in [0.25, 0.3) is 5.39 Å². The number of benzene rings is 1. The van der Waals surface area contributed by atoms with Crippen molar-refractivity contribution >= 4 is 0 Å². The number of rotatable bonds is 5. The summed E-state index contributed by atoms with van der Waals surface area (Å²) in [4.78, 5) is 11.6. The Kier molecular flexibility index (Phi) is 4.35. The normalized spacial score (nSPS) is 9.80. The molecule has 0 spiro atoms. The fourth-order valence-corrected chi connectivity index (χ4v) is 1.76. The molecule has 20 heavy (non-hydrogen) atoms. The van der Waals surface area contributed by atoms with Crippen LogP contribution in [0, 0.1) is 5.39 Å². The van der Waals surface area contributed by atoms with E-state index in [1.165, 1.54) is 24.4 Å². The number of hydrogen-bond donors (Lipinski definition) is 0. The molecule has 0 amide bonds. The van der Waals surface area contributed by atoms with E-state index in [2.05, 4.69) is 5.08 Å². The van der Waals surface area contributed by atoms with Crippen LogP contribution < -0.4 is 10.2 Å². The quantitative estimate of drug-likeness (QED) is 0.617. The van der Waals surface area contributed by atoms with E-state index in [1.807, 2.05) is 30.3 Å². The Morgan fingerprint density at radius 1 is 1.30 bits per heavy atom. The Morgan fingerprint density at radius 3 is 2.65 bits per heavy atom. The van der Waals surface area contributed by atoms with Crippen molar-refractivity contribution in [3.05, 3.63) is 69.3 Å². The first kappa shape index (κ1) is 13.6. The van der Waals surface area contributed by atoms with E-state index in [4.69, 9.17) is 14.5 Å². The maximum Gasteiger partial charge on any atom is 0.306 e. The van der Waals surface area contributed by atoms with Gasteiger partial charge in [0.2, 0.25) is 11.2 Å². The highest BCUT2D eigenvalue weighted by atomic mass is 16.5. The first-order chi connectivity index (χ1) is 9.72. The van der Waals surface area contributed by atoms with Gasteiger partial charge in [0.15, 0.2) is 6.54 Å². The molecule has 1 heterocycles. The van der Waals surface area contributed by atoms with E-state index >= 15 is 0 Å². The minimum absolute atomic E-state index is 0.143. The lowest BCUT2D eigenvalue weighted by atomic mass is 10.2. The minimum atomic E-state index is -0.272. The summed E-state index contributed by atoms with van der Waals surface area (Å²) in [6, 6.07) is 10.9. The highest BCUT2D eigenvalue weighted by molar-refractivity contribution is 5.18. The molecule has 0 radical (unpaired) electrons. The zero-order valence-electron chi connectivity index (χ0n) is 11.0. The molecule has 0 fully saturated rings. The first-order valence-electron chi connectivity index (χ1n) is 6.02. The van der Waals surface area contributed by atoms with E-state index in [0.717, 1.165) is 5.56 Å². The third kappa shape index (κ3) is 3.36. The smallest absolute Gasteiger partial charge is 0.306 e. The summed E-state index contributed by atoms with van der Waals surface area (Å²) in [5.41, 5.74) is 0.715. The topological polar surface area (TPSA) is 70.8 Å². The summed E-state index contributed by atoms with van der Waals surface area (Å²) in [6.07, 6.45) is 1.25. The SMILES string of the molecule is COc1coc(CN(Cc2ccccc2)[N+]#N)cc1=O. The average molecular weight is 272 g/mol. The van der Waals surface area contributed by atoms with Crippen molar-refractivity contribution in [2.24, 2.45) is 0 Å². The predicted molar refractivity (Wildman–Crippen MR) is 72.3 cm³/mol. The number of diazo groups is 1. The molecule has 6 heteroatoms. The van der Waals surface area contributed by atoms with Gasteiger partial charge in [-0.1, -0.05) is 30.3 Å². The lowest BCUT2D eigenvalue weighted by Crippen LogP contribution is -2.16. The molecular formula is C14H14N3O3+. The maximum absolute atomic E-state index is 11.6. The van der Waals surface area contributed by atoms with Crippen LogP contribution in [0.25, 0.3) is 5.08 Å². The van der Waals surface area contributed by atoms with Crippen molar-refractivity contribution in [3.8, 4) is 5.75 Å². The fraction of sp³-hybridized carbons (Fsp3) is 0.214. The van der Waals surface area contributed by atoms with E-state index in [0.29, 0.717) is 12.3 Å². The summed E-state index contributed by atoms with van der Waals surface area (Å²) in [6.45, 7) is 0.595. The summed E-state index contributed by atoms with van der Waals surface area (Å²) in [5.74, 6) is 0.536. The van der Waals surface area contributed by atoms with Crippen molar-refractivity contribution < 1.29 is 9.15 Å². The zero-order valence-corrected chi connectivity index (χ0v) is 11.0. The van der Waals surface area contributed by atoms with E-state index in [9.17, 15) is 4.79 Å². The van der Waals surface area contributed by atoms with Crippen LogP contribution in [-0.4, -0.2) is 12.1 Å². The Bertz CT molecular complexity index is 661. The van der Waals surface area contributed by atoms with Gasteiger partial charge >= 0.3 is 5.08 Å². The van der Waals surface area contributed by atoms with Crippen molar-refractivity contribution in [1.29, 1.82) is 5.39 Å². The Morgan fingerprint density at radius 2 is 2.05 bits per heavy atom. The van der Waals surface area contributed by atoms with Crippen LogP contribution in [0.1, 0.15) is 11.3 Å². The number of ether oxygens (including phenoxy) is 1. The number of methoxy groups -OCH3 is 1. The largest absolute Gasteiger partial charge is 0.490 e. The van der Waals surface area contributed by atoms with Crippen LogP contribution in [0.2, 0.25) is 0 Å². The van der Waals surface area contributed by atoms with Crippen LogP contribution >= 0.6 is 0 Å². The fourth-order valence-electron chi connectivity index (χ4n) is 1.76. The van der Waals surface area contributed by atoms with Crippen molar-refractivity contribution in [3.63, 3.8) is 0 Å². The van der Waals surface area contributed by atoms with Gasteiger partial charge in [-0.15, -0.1) is 0 Å². The second-order valence-electron chi connectivity index (χ2n) is 4.18. The van der Waals surface area contributed by atoms with Gasteiger partial charge in [0.1, 0.15) is 18.6 Å². The van der Waals surface area contributed by atoms with E-state index < -0.39 is 0 Å². The van der Waals surface area contributed by atoms with Crippen LogP contribution in [0.5, 0.6) is 5.75 Å². The summed E-state index contributed by atoms with van der Waals surface area (Å²) in [5, 5.41) is 13.6. The van der Waals surface area contributed by atoms with Gasteiger partial charge in [-0.3, -0.25) is 4.79 Å². The van der Waals surface area contributed by atoms with Gasteiger partial charge < -0.3 is 9.15 Å². The molecule has 2 rings (SSSR count). The number of nitrogens with zero attached hydrogens (tertiary/aromatic N) is 3. The summed E-state index contributed by atoms with van der Waals surface area (Å²) in [7, 11) is 1.40. The third-order valence-corrected chi connectivity index (χ3v) is 2.74. The Hall–Kier alpha value is -2.81. The Labute approximate surface area is 115 Å². The molecule has 102 valence electrons. The highest BCUT2D eigenvalue weighted by Gasteiger charge is 2.17. The van der Waals surface area contributed by atoms with Gasteiger partial charge in [-0.05, 0) is 10.6 Å². The second-order valence-corrected chi connectivity index (χ2v) is 4.18. The molecule has 0 aliphatic carbocycles. The van der Waals surface area contributed by atoms with Crippen LogP contribution in [0.4, 0.5) is 0 Å². The molecular weight excluding hydrogens is 258 g/mol. The monoisotopic (exact) mass is 272 g/mol. The lowest BCUT2D eigenvalue weighted by Gasteiger charge is -2.05. The molecule has 1 aromatic heterocycles. The van der Waals surface area contributed by atoms with Crippen molar-refractivity contribution in [1.82, 2.24) is 5.01 Å². The molecule has 0 bridgehead atoms. The molecule has 0 aliphatic rings. The first-order valence-corrected chi connectivity index (χ1v) is 6.02. The summed E-state index contributed by atoms with van der Waals surface area (Å²) < 4.78 is 10.1. The number of hydrogen-bond acceptors (Lipinski definition) is 5. The molecule has 0 N–H and O–H groups in total. The van der Waals surface area contributed by atoms with Crippen LogP contribution in [-0.2, 0) is 13.1 Å². The molecule has 6 nitrogen and oxygen atoms in total. The van der Waals surface area contributed by atoms with Gasteiger partial charge in [-0.25, -0.2) is 0 Å². The molecule has 0 unspecified atom stereocenters. The molecule has 2 aromatic rings. The lowest BCUT2D eigenvalue weighted by molar-refractivity contribution is 0.300. The van der Waals surface area contributed by atoms with E-state index in [1.54, 1.807) is 0 Å². The molecule has 0 saturated carbocycles. The molecule has 0 atom stereocenters. The molecule has 0 aliphatic heterocycles. The molecule has 0 saturated heterocycles. The predicted octanol–water partition coefficient (Wildman–Crippen LogP) is 2.42. The third-order valence-electron chi connectivity index (χ3n) is 2.74. The highest BCUT2D eigenvalue weighted by Crippen LogP contribution is 2.11. The Balaban J connectivity index is 2.09. The maximum atomic E-state index is 11.6. The van der Waals surface area contributed by atoms with Crippen molar-refractivity contribution in [2.75, 3.05) is 7.11 Å². The standard InChI is InChI=1S/C14H14N3O3/c1-19-14-10-20-12(7-13(14)18)9-17(16-15)8-11-5-3-2-4-6-11/h2-7,10H,8-9H2,1H3/q+1. The van der Waals surface area contributed by atoms with Gasteiger partial charge in [0, 0.05) is 6.07 Å². The average Bonchev–Trinajstić information content (AvgIpc) is 2.48. The zero-order chi connectivity index (χ0) is 14.4. The summed E-state index contributed by atoms with van der Waals surface area (Å²) >= 11 is 0. The molecule has 1 aromatic carbocycles. The van der Waals surface area contributed by atoms with Gasteiger partial charge in [-0.2, -0.15) is 0 Å². The van der Waals surface area contributed by atoms with Crippen LogP contribution in [0.15, 0.2) is 51.9 Å². The van der Waals surface area contributed by atoms with Crippen molar-refractivity contribution in [2.45, 2.75) is 13.1 Å². The van der Waals surface area contributed by atoms with Crippen LogP contribution in [0.3, 0.4) is 0 Å². The second kappa shape index (κ2) is 6.38.